The zero-order valence-corrected chi connectivity index (χ0v) is 11.2. The summed E-state index contributed by atoms with van der Waals surface area (Å²) < 4.78 is 0. The van der Waals surface area contributed by atoms with E-state index in [-0.39, 0.29) is 0 Å². The quantitative estimate of drug-likeness (QED) is 0.871. The molecule has 1 saturated carbocycles. The van der Waals surface area contributed by atoms with Crippen molar-refractivity contribution in [2.75, 3.05) is 10.6 Å². The zero-order chi connectivity index (χ0) is 13.2. The number of halogens is 1. The van der Waals surface area contributed by atoms with Gasteiger partial charge in [0.2, 0.25) is 0 Å². The lowest BCUT2D eigenvalue weighted by Gasteiger charge is -2.24. The van der Waals surface area contributed by atoms with Crippen LogP contribution < -0.4 is 10.6 Å². The van der Waals surface area contributed by atoms with E-state index in [1.54, 1.807) is 0 Å². The molecule has 2 N–H and O–H groups in total. The minimum atomic E-state index is 0.323. The van der Waals surface area contributed by atoms with Crippen molar-refractivity contribution in [3.05, 3.63) is 47.4 Å². The molecular weight excluding hydrogens is 260 g/mol. The fraction of sp³-hybridized carbons (Fsp3) is 0.286. The van der Waals surface area contributed by atoms with E-state index in [9.17, 15) is 0 Å². The molecule has 2 aromatic rings. The van der Waals surface area contributed by atoms with E-state index in [2.05, 4.69) is 27.0 Å². The summed E-state index contributed by atoms with van der Waals surface area (Å²) in [6.45, 7) is 0.795. The van der Waals surface area contributed by atoms with Crippen LogP contribution in [-0.2, 0) is 6.54 Å². The Hall–Kier alpha value is -1.81. The number of anilines is 2. The van der Waals surface area contributed by atoms with Crippen LogP contribution >= 0.6 is 11.6 Å². The van der Waals surface area contributed by atoms with Gasteiger partial charge in [0.1, 0.15) is 12.0 Å². The first kappa shape index (κ1) is 12.2. The van der Waals surface area contributed by atoms with Gasteiger partial charge in [0, 0.05) is 12.6 Å². The van der Waals surface area contributed by atoms with E-state index >= 15 is 0 Å². The van der Waals surface area contributed by atoms with Gasteiger partial charge >= 0.3 is 0 Å². The normalized spacial score (nSPS) is 14.4. The van der Waals surface area contributed by atoms with Crippen molar-refractivity contribution in [3.8, 4) is 0 Å². The lowest BCUT2D eigenvalue weighted by Crippen LogP contribution is -2.27. The molecule has 0 amide bonds. The van der Waals surface area contributed by atoms with Crippen molar-refractivity contribution in [3.63, 3.8) is 0 Å². The van der Waals surface area contributed by atoms with Gasteiger partial charge in [-0.3, -0.25) is 0 Å². The molecule has 0 aliphatic heterocycles. The highest BCUT2D eigenvalue weighted by molar-refractivity contribution is 6.32. The number of nitrogens with two attached hydrogens (primary N) is 1. The third kappa shape index (κ3) is 2.63. The van der Waals surface area contributed by atoms with Crippen LogP contribution in [0.4, 0.5) is 11.5 Å². The third-order valence-corrected chi connectivity index (χ3v) is 3.57. The Morgan fingerprint density at radius 1 is 1.21 bits per heavy atom. The van der Waals surface area contributed by atoms with Crippen LogP contribution in [0.3, 0.4) is 0 Å². The Bertz CT molecular complexity index is 569. The van der Waals surface area contributed by atoms with Gasteiger partial charge in [0.15, 0.2) is 11.0 Å². The Kier molecular flexibility index (Phi) is 3.25. The van der Waals surface area contributed by atoms with E-state index in [1.165, 1.54) is 24.7 Å². The smallest absolute Gasteiger partial charge is 0.157 e. The summed E-state index contributed by atoms with van der Waals surface area (Å²) in [7, 11) is 0. The van der Waals surface area contributed by atoms with Gasteiger partial charge in [-0.15, -0.1) is 0 Å². The number of nitrogen functional groups attached to an aromatic ring is 1. The van der Waals surface area contributed by atoms with Crippen LogP contribution in [0.1, 0.15) is 18.4 Å². The molecule has 0 spiro atoms. The van der Waals surface area contributed by atoms with Crippen LogP contribution in [0.15, 0.2) is 36.7 Å². The molecule has 4 nitrogen and oxygen atoms in total. The topological polar surface area (TPSA) is 55.0 Å². The molecule has 19 heavy (non-hydrogen) atoms. The van der Waals surface area contributed by atoms with Crippen LogP contribution in [0, 0.1) is 0 Å². The maximum atomic E-state index is 6.00. The highest BCUT2D eigenvalue weighted by atomic mass is 35.5. The molecule has 1 fully saturated rings. The Morgan fingerprint density at radius 3 is 2.63 bits per heavy atom. The number of hydrogen-bond acceptors (Lipinski definition) is 4. The van der Waals surface area contributed by atoms with Crippen molar-refractivity contribution in [1.82, 2.24) is 9.97 Å². The molecule has 0 bridgehead atoms. The standard InChI is InChI=1S/C14H15ClN4/c15-13-12(16)14(18-9-17-13)19(11-6-7-11)8-10-4-2-1-3-5-10/h1-5,9,11H,6-8,16H2. The maximum absolute atomic E-state index is 6.00. The number of aromatic nitrogens is 2. The fourth-order valence-electron chi connectivity index (χ4n) is 2.14. The van der Waals surface area contributed by atoms with E-state index < -0.39 is 0 Å². The molecule has 1 aromatic heterocycles. The molecule has 1 aromatic carbocycles. The maximum Gasteiger partial charge on any atom is 0.157 e. The molecule has 1 aliphatic rings. The number of nitrogens with zero attached hydrogens (tertiary/aromatic N) is 3. The Morgan fingerprint density at radius 2 is 1.95 bits per heavy atom. The molecule has 0 unspecified atom stereocenters. The lowest BCUT2D eigenvalue weighted by atomic mass is 10.2. The average Bonchev–Trinajstić information content (AvgIpc) is 3.25. The largest absolute Gasteiger partial charge is 0.393 e. The number of benzene rings is 1. The summed E-state index contributed by atoms with van der Waals surface area (Å²) in [6.07, 6.45) is 3.82. The zero-order valence-electron chi connectivity index (χ0n) is 10.5. The highest BCUT2D eigenvalue weighted by Crippen LogP contribution is 2.36. The van der Waals surface area contributed by atoms with Crippen molar-refractivity contribution >= 4 is 23.1 Å². The minimum Gasteiger partial charge on any atom is -0.393 e. The summed E-state index contributed by atoms with van der Waals surface area (Å²) in [5.74, 6) is 0.742. The van der Waals surface area contributed by atoms with Gasteiger partial charge in [0.25, 0.3) is 0 Å². The number of rotatable bonds is 4. The second-order valence-corrected chi connectivity index (χ2v) is 5.10. The second-order valence-electron chi connectivity index (χ2n) is 4.75. The predicted octanol–water partition coefficient (Wildman–Crippen LogP) is 2.88. The van der Waals surface area contributed by atoms with E-state index in [4.69, 9.17) is 17.3 Å². The molecule has 98 valence electrons. The minimum absolute atomic E-state index is 0.323. The molecule has 3 rings (SSSR count). The van der Waals surface area contributed by atoms with Gasteiger partial charge in [-0.2, -0.15) is 0 Å². The van der Waals surface area contributed by atoms with Crippen LogP contribution in [0.5, 0.6) is 0 Å². The predicted molar refractivity (Wildman–Crippen MR) is 77.1 cm³/mol. The molecule has 1 heterocycles. The molecule has 0 saturated heterocycles. The van der Waals surface area contributed by atoms with Crippen molar-refractivity contribution in [1.29, 1.82) is 0 Å². The van der Waals surface area contributed by atoms with Crippen molar-refractivity contribution in [2.24, 2.45) is 0 Å². The third-order valence-electron chi connectivity index (χ3n) is 3.27. The SMILES string of the molecule is Nc1c(Cl)ncnc1N(Cc1ccccc1)C1CC1. The molecule has 5 heteroatoms. The lowest BCUT2D eigenvalue weighted by molar-refractivity contribution is 0.777. The van der Waals surface area contributed by atoms with Crippen LogP contribution in [0.2, 0.25) is 5.15 Å². The van der Waals surface area contributed by atoms with Gasteiger partial charge in [-0.25, -0.2) is 9.97 Å². The first-order valence-electron chi connectivity index (χ1n) is 6.32. The molecule has 0 atom stereocenters. The van der Waals surface area contributed by atoms with Gasteiger partial charge in [0.05, 0.1) is 0 Å². The summed E-state index contributed by atoms with van der Waals surface area (Å²) in [6, 6.07) is 10.8. The molecule has 1 aliphatic carbocycles. The van der Waals surface area contributed by atoms with E-state index in [0.717, 1.165) is 12.4 Å². The molecular formula is C14H15ClN4. The second kappa shape index (κ2) is 5.05. The summed E-state index contributed by atoms with van der Waals surface area (Å²) in [5.41, 5.74) is 7.71. The van der Waals surface area contributed by atoms with Gasteiger partial charge < -0.3 is 10.6 Å². The van der Waals surface area contributed by atoms with Gasteiger partial charge in [-0.05, 0) is 18.4 Å². The Labute approximate surface area is 117 Å². The number of hydrogen-bond donors (Lipinski definition) is 1. The summed E-state index contributed by atoms with van der Waals surface area (Å²) in [5, 5.41) is 0.323. The van der Waals surface area contributed by atoms with E-state index in [1.807, 2.05) is 18.2 Å². The summed E-state index contributed by atoms with van der Waals surface area (Å²) >= 11 is 5.98. The Balaban J connectivity index is 1.91. The van der Waals surface area contributed by atoms with Crippen LogP contribution in [-0.4, -0.2) is 16.0 Å². The average molecular weight is 275 g/mol. The summed E-state index contributed by atoms with van der Waals surface area (Å²) in [4.78, 5) is 10.4. The monoisotopic (exact) mass is 274 g/mol. The first-order valence-corrected chi connectivity index (χ1v) is 6.70. The van der Waals surface area contributed by atoms with Crippen molar-refractivity contribution < 1.29 is 0 Å². The highest BCUT2D eigenvalue weighted by Gasteiger charge is 2.31. The fourth-order valence-corrected chi connectivity index (χ4v) is 2.27. The van der Waals surface area contributed by atoms with Crippen molar-refractivity contribution in [2.45, 2.75) is 25.4 Å². The van der Waals surface area contributed by atoms with Crippen LogP contribution in [0.25, 0.3) is 0 Å². The van der Waals surface area contributed by atoms with Gasteiger partial charge in [-0.1, -0.05) is 41.9 Å². The first-order chi connectivity index (χ1) is 9.25. The molecule has 0 radical (unpaired) electrons. The van der Waals surface area contributed by atoms with E-state index in [0.29, 0.717) is 16.9 Å².